The fourth-order valence-electron chi connectivity index (χ4n) is 2.37. The zero-order valence-electron chi connectivity index (χ0n) is 12.2. The molecule has 1 aromatic rings. The highest BCUT2D eigenvalue weighted by Gasteiger charge is 2.45. The first kappa shape index (κ1) is 16.1. The van der Waals surface area contributed by atoms with Crippen LogP contribution in [-0.2, 0) is 16.1 Å². The second-order valence-corrected chi connectivity index (χ2v) is 6.28. The summed E-state index contributed by atoms with van der Waals surface area (Å²) in [7, 11) is 0. The minimum atomic E-state index is -0.866. The highest BCUT2D eigenvalue weighted by Crippen LogP contribution is 2.29. The molecule has 0 spiro atoms. The van der Waals surface area contributed by atoms with E-state index >= 15 is 0 Å². The van der Waals surface area contributed by atoms with Crippen LogP contribution in [0.1, 0.15) is 32.8 Å². The molecule has 0 saturated carbocycles. The van der Waals surface area contributed by atoms with E-state index in [0.717, 1.165) is 5.56 Å². The Bertz CT molecular complexity index is 591. The molecule has 21 heavy (non-hydrogen) atoms. The molecule has 2 rings (SSSR count). The molecule has 0 aliphatic carbocycles. The zero-order valence-corrected chi connectivity index (χ0v) is 13.8. The third kappa shape index (κ3) is 2.87. The van der Waals surface area contributed by atoms with Crippen LogP contribution in [0.5, 0.6) is 0 Å². The normalized spacial score (nSPS) is 26.0. The van der Waals surface area contributed by atoms with Crippen molar-refractivity contribution in [2.45, 2.75) is 45.3 Å². The standard InChI is InChI=1S/C15H18Cl2N2O2/c1-4-15(3)14(21)19(9(2)13(20)18-15)8-10-6-5-7-11(16)12(10)17/h5-7,9H,4,8H2,1-3H3,(H,18,20). The van der Waals surface area contributed by atoms with Crippen LogP contribution in [0.25, 0.3) is 0 Å². The number of halogens is 2. The number of hydrogen-bond acceptors (Lipinski definition) is 2. The lowest BCUT2D eigenvalue weighted by molar-refractivity contribution is -0.154. The lowest BCUT2D eigenvalue weighted by Crippen LogP contribution is -2.68. The van der Waals surface area contributed by atoms with Gasteiger partial charge in [0.1, 0.15) is 11.6 Å². The van der Waals surface area contributed by atoms with Crippen molar-refractivity contribution in [1.82, 2.24) is 10.2 Å². The van der Waals surface area contributed by atoms with Gasteiger partial charge in [0.05, 0.1) is 10.0 Å². The maximum atomic E-state index is 12.7. The van der Waals surface area contributed by atoms with Gasteiger partial charge in [0, 0.05) is 6.54 Å². The van der Waals surface area contributed by atoms with Crippen LogP contribution in [0.2, 0.25) is 10.0 Å². The Hall–Kier alpha value is -1.26. The molecule has 4 nitrogen and oxygen atoms in total. The van der Waals surface area contributed by atoms with E-state index < -0.39 is 11.6 Å². The molecule has 1 aliphatic heterocycles. The van der Waals surface area contributed by atoms with Crippen molar-refractivity contribution in [2.75, 3.05) is 0 Å². The van der Waals surface area contributed by atoms with E-state index in [9.17, 15) is 9.59 Å². The van der Waals surface area contributed by atoms with E-state index in [1.54, 1.807) is 30.9 Å². The summed E-state index contributed by atoms with van der Waals surface area (Å²) >= 11 is 12.2. The van der Waals surface area contributed by atoms with E-state index in [1.807, 2.05) is 13.0 Å². The Morgan fingerprint density at radius 3 is 2.62 bits per heavy atom. The number of nitrogens with zero attached hydrogens (tertiary/aromatic N) is 1. The summed E-state index contributed by atoms with van der Waals surface area (Å²) in [6.07, 6.45) is 0.532. The summed E-state index contributed by atoms with van der Waals surface area (Å²) in [5.74, 6) is -0.259. The van der Waals surface area contributed by atoms with E-state index in [4.69, 9.17) is 23.2 Å². The van der Waals surface area contributed by atoms with E-state index in [2.05, 4.69) is 5.32 Å². The van der Waals surface area contributed by atoms with Crippen molar-refractivity contribution in [3.8, 4) is 0 Å². The van der Waals surface area contributed by atoms with Gasteiger partial charge in [-0.1, -0.05) is 42.3 Å². The van der Waals surface area contributed by atoms with Crippen LogP contribution in [-0.4, -0.2) is 28.3 Å². The molecule has 1 aromatic carbocycles. The maximum Gasteiger partial charge on any atom is 0.249 e. The van der Waals surface area contributed by atoms with Gasteiger partial charge >= 0.3 is 0 Å². The van der Waals surface area contributed by atoms with Crippen LogP contribution >= 0.6 is 23.2 Å². The molecule has 114 valence electrons. The van der Waals surface area contributed by atoms with Gasteiger partial charge < -0.3 is 10.2 Å². The summed E-state index contributed by atoms with van der Waals surface area (Å²) in [5, 5.41) is 3.65. The SMILES string of the molecule is CCC1(C)NC(=O)C(C)N(Cc2cccc(Cl)c2Cl)C1=O. The average molecular weight is 329 g/mol. The Labute approximate surface area is 134 Å². The van der Waals surface area contributed by atoms with Crippen molar-refractivity contribution in [3.63, 3.8) is 0 Å². The summed E-state index contributed by atoms with van der Waals surface area (Å²) in [4.78, 5) is 26.3. The Morgan fingerprint density at radius 1 is 1.33 bits per heavy atom. The quantitative estimate of drug-likeness (QED) is 0.927. The minimum Gasteiger partial charge on any atom is -0.340 e. The van der Waals surface area contributed by atoms with Gasteiger partial charge in [0.25, 0.3) is 0 Å². The monoisotopic (exact) mass is 328 g/mol. The van der Waals surface area contributed by atoms with E-state index in [-0.39, 0.29) is 18.4 Å². The van der Waals surface area contributed by atoms with Crippen LogP contribution in [0.3, 0.4) is 0 Å². The van der Waals surface area contributed by atoms with Crippen molar-refractivity contribution in [3.05, 3.63) is 33.8 Å². The van der Waals surface area contributed by atoms with Crippen molar-refractivity contribution in [2.24, 2.45) is 0 Å². The molecule has 0 bridgehead atoms. The Balaban J connectivity index is 2.34. The van der Waals surface area contributed by atoms with Gasteiger partial charge in [0.15, 0.2) is 0 Å². The predicted molar refractivity (Wildman–Crippen MR) is 83.3 cm³/mol. The number of amides is 2. The molecule has 6 heteroatoms. The molecule has 1 N–H and O–H groups in total. The number of nitrogens with one attached hydrogen (secondary N) is 1. The third-order valence-electron chi connectivity index (χ3n) is 4.06. The molecular formula is C15H18Cl2N2O2. The van der Waals surface area contributed by atoms with Gasteiger partial charge in [0.2, 0.25) is 11.8 Å². The van der Waals surface area contributed by atoms with Crippen LogP contribution < -0.4 is 5.32 Å². The van der Waals surface area contributed by atoms with E-state index in [0.29, 0.717) is 16.5 Å². The first-order valence-electron chi connectivity index (χ1n) is 6.86. The van der Waals surface area contributed by atoms with Gasteiger partial charge in [-0.25, -0.2) is 0 Å². The Kier molecular flexibility index (Phi) is 4.49. The molecule has 2 unspecified atom stereocenters. The van der Waals surface area contributed by atoms with Gasteiger partial charge in [-0.05, 0) is 31.9 Å². The lowest BCUT2D eigenvalue weighted by atomic mass is 9.92. The smallest absolute Gasteiger partial charge is 0.249 e. The minimum absolute atomic E-state index is 0.104. The molecule has 2 amide bonds. The molecule has 0 radical (unpaired) electrons. The lowest BCUT2D eigenvalue weighted by Gasteiger charge is -2.43. The largest absolute Gasteiger partial charge is 0.340 e. The topological polar surface area (TPSA) is 49.4 Å². The van der Waals surface area contributed by atoms with Gasteiger partial charge in [-0.2, -0.15) is 0 Å². The molecule has 2 atom stereocenters. The summed E-state index contributed by atoms with van der Waals surface area (Å²) in [5.41, 5.74) is -0.133. The predicted octanol–water partition coefficient (Wildman–Crippen LogP) is 3.01. The number of benzene rings is 1. The number of carbonyl (C=O) groups excluding carboxylic acids is 2. The highest BCUT2D eigenvalue weighted by atomic mass is 35.5. The molecule has 1 saturated heterocycles. The van der Waals surface area contributed by atoms with Crippen molar-refractivity contribution in [1.29, 1.82) is 0 Å². The second kappa shape index (κ2) is 5.85. The van der Waals surface area contributed by atoms with Gasteiger partial charge in [-0.15, -0.1) is 0 Å². The number of carbonyl (C=O) groups is 2. The van der Waals surface area contributed by atoms with Crippen LogP contribution in [0.15, 0.2) is 18.2 Å². The summed E-state index contributed by atoms with van der Waals surface area (Å²) in [6, 6.07) is 4.75. The first-order valence-corrected chi connectivity index (χ1v) is 7.61. The average Bonchev–Trinajstić information content (AvgIpc) is 2.46. The number of piperazine rings is 1. The number of hydrogen-bond donors (Lipinski definition) is 1. The molecule has 1 aliphatic rings. The third-order valence-corrected chi connectivity index (χ3v) is 4.92. The molecule has 0 aromatic heterocycles. The molecular weight excluding hydrogens is 311 g/mol. The van der Waals surface area contributed by atoms with Crippen molar-refractivity contribution >= 4 is 35.0 Å². The molecule has 1 heterocycles. The maximum absolute atomic E-state index is 12.7. The first-order chi connectivity index (χ1) is 9.80. The number of rotatable bonds is 3. The van der Waals surface area contributed by atoms with Gasteiger partial charge in [-0.3, -0.25) is 9.59 Å². The van der Waals surface area contributed by atoms with E-state index in [1.165, 1.54) is 0 Å². The second-order valence-electron chi connectivity index (χ2n) is 5.50. The van der Waals surface area contributed by atoms with Crippen LogP contribution in [0, 0.1) is 0 Å². The fraction of sp³-hybridized carbons (Fsp3) is 0.467. The highest BCUT2D eigenvalue weighted by molar-refractivity contribution is 6.42. The molecule has 1 fully saturated rings. The zero-order chi connectivity index (χ0) is 15.8. The fourth-order valence-corrected chi connectivity index (χ4v) is 2.75. The summed E-state index contributed by atoms with van der Waals surface area (Å²) < 4.78 is 0. The van der Waals surface area contributed by atoms with Crippen molar-refractivity contribution < 1.29 is 9.59 Å². The Morgan fingerprint density at radius 2 is 2.00 bits per heavy atom. The summed E-state index contributed by atoms with van der Waals surface area (Å²) in [6.45, 7) is 5.59. The van der Waals surface area contributed by atoms with Crippen LogP contribution in [0.4, 0.5) is 0 Å².